The van der Waals surface area contributed by atoms with Crippen molar-refractivity contribution < 1.29 is 4.79 Å². The fourth-order valence-electron chi connectivity index (χ4n) is 3.67. The van der Waals surface area contributed by atoms with Crippen LogP contribution < -0.4 is 0 Å². The normalized spacial score (nSPS) is 13.4. The van der Waals surface area contributed by atoms with Crippen LogP contribution in [0.5, 0.6) is 0 Å². The van der Waals surface area contributed by atoms with Crippen molar-refractivity contribution in [2.24, 2.45) is 5.92 Å². The molecular weight excluding hydrogens is 272 g/mol. The molecule has 0 bridgehead atoms. The Hall–Kier alpha value is -0.553. The first-order valence-corrected chi connectivity index (χ1v) is 11.0. The van der Waals surface area contributed by atoms with Gasteiger partial charge in [0.15, 0.2) is 0 Å². The molecule has 0 aromatic carbocycles. The lowest BCUT2D eigenvalue weighted by atomic mass is 10.00. The lowest BCUT2D eigenvalue weighted by molar-refractivity contribution is -0.108. The summed E-state index contributed by atoms with van der Waals surface area (Å²) < 4.78 is 0. The maximum Gasteiger partial charge on any atom is 0.145 e. The Kier molecular flexibility index (Phi) is 9.95. The van der Waals surface area contributed by atoms with Crippen LogP contribution in [-0.2, 0) is 4.79 Å². The van der Waals surface area contributed by atoms with Crippen LogP contribution in [0.3, 0.4) is 0 Å². The second-order valence-electron chi connectivity index (χ2n) is 7.26. The molecule has 0 rings (SSSR count). The molecule has 0 aliphatic heterocycles. The summed E-state index contributed by atoms with van der Waals surface area (Å²) in [5.41, 5.74) is 5.77. The van der Waals surface area contributed by atoms with Gasteiger partial charge < -0.3 is 4.79 Å². The van der Waals surface area contributed by atoms with Crippen molar-refractivity contribution in [1.82, 2.24) is 0 Å². The Bertz CT molecular complexity index is 325. The van der Waals surface area contributed by atoms with Crippen molar-refractivity contribution in [3.8, 4) is 11.5 Å². The molecule has 0 aromatic heterocycles. The highest BCUT2D eigenvalue weighted by Crippen LogP contribution is 2.40. The molecule has 0 unspecified atom stereocenters. The molecule has 0 heterocycles. The van der Waals surface area contributed by atoms with Crippen LogP contribution in [-0.4, -0.2) is 14.4 Å². The number of carbonyl (C=O) groups excluding carboxylic acids is 1. The lowest BCUT2D eigenvalue weighted by Gasteiger charge is -2.38. The van der Waals surface area contributed by atoms with Gasteiger partial charge in [-0.15, -0.1) is 11.5 Å². The van der Waals surface area contributed by atoms with E-state index in [0.29, 0.717) is 23.0 Å². The number of hydrogen-bond acceptors (Lipinski definition) is 1. The second-order valence-corrected chi connectivity index (χ2v) is 12.8. The van der Waals surface area contributed by atoms with E-state index in [1.54, 1.807) is 0 Å². The first kappa shape index (κ1) is 20.4. The third kappa shape index (κ3) is 5.99. The summed E-state index contributed by atoms with van der Waals surface area (Å²) in [7, 11) is -1.64. The third-order valence-electron chi connectivity index (χ3n) is 4.90. The topological polar surface area (TPSA) is 17.1 Å². The van der Waals surface area contributed by atoms with Crippen molar-refractivity contribution in [3.05, 3.63) is 0 Å². The van der Waals surface area contributed by atoms with E-state index >= 15 is 0 Å². The Labute approximate surface area is 134 Å². The second kappa shape index (κ2) is 10.2. The van der Waals surface area contributed by atoms with Gasteiger partial charge in [0.2, 0.25) is 0 Å². The van der Waals surface area contributed by atoms with Crippen LogP contribution in [0.15, 0.2) is 0 Å². The smallest absolute Gasteiger partial charge is 0.145 e. The molecule has 0 spiro atoms. The van der Waals surface area contributed by atoms with Crippen molar-refractivity contribution in [2.75, 3.05) is 0 Å². The van der Waals surface area contributed by atoms with E-state index < -0.39 is 8.07 Å². The fourth-order valence-corrected chi connectivity index (χ4v) is 8.99. The standard InChI is InChI=1S/C19H36OSi/c1-8-9-10-11-19(12-14-20)13-15-21(16(2)3,17(4)5)18(6)7/h14,16-19H,8-12H2,1-7H3/t19-/m0/s1. The van der Waals surface area contributed by atoms with Crippen molar-refractivity contribution >= 4 is 14.4 Å². The van der Waals surface area contributed by atoms with Crippen LogP contribution in [0.4, 0.5) is 0 Å². The zero-order valence-corrected chi connectivity index (χ0v) is 16.3. The molecule has 0 saturated carbocycles. The monoisotopic (exact) mass is 308 g/mol. The highest BCUT2D eigenvalue weighted by atomic mass is 28.3. The van der Waals surface area contributed by atoms with Gasteiger partial charge in [-0.25, -0.2) is 0 Å². The van der Waals surface area contributed by atoms with Gasteiger partial charge in [0.25, 0.3) is 0 Å². The van der Waals surface area contributed by atoms with Gasteiger partial charge in [-0.1, -0.05) is 67.7 Å². The summed E-state index contributed by atoms with van der Waals surface area (Å²) >= 11 is 0. The molecule has 0 aliphatic rings. The first-order chi connectivity index (χ1) is 9.82. The van der Waals surface area contributed by atoms with E-state index in [4.69, 9.17) is 0 Å². The summed E-state index contributed by atoms with van der Waals surface area (Å²) in [5, 5.41) is 0. The van der Waals surface area contributed by atoms with Crippen LogP contribution in [0.2, 0.25) is 16.6 Å². The van der Waals surface area contributed by atoms with Gasteiger partial charge in [0.1, 0.15) is 14.4 Å². The van der Waals surface area contributed by atoms with Crippen LogP contribution in [0, 0.1) is 17.4 Å². The zero-order chi connectivity index (χ0) is 16.5. The summed E-state index contributed by atoms with van der Waals surface area (Å²) in [6.45, 7) is 16.3. The van der Waals surface area contributed by atoms with E-state index in [2.05, 4.69) is 59.9 Å². The Morgan fingerprint density at radius 2 is 1.48 bits per heavy atom. The molecule has 1 atom stereocenters. The summed E-state index contributed by atoms with van der Waals surface area (Å²) in [4.78, 5) is 10.9. The van der Waals surface area contributed by atoms with Gasteiger partial charge in [0.05, 0.1) is 0 Å². The van der Waals surface area contributed by atoms with E-state index in [9.17, 15) is 4.79 Å². The van der Waals surface area contributed by atoms with Gasteiger partial charge in [-0.05, 0) is 23.0 Å². The molecule has 0 saturated heterocycles. The quantitative estimate of drug-likeness (QED) is 0.221. The Morgan fingerprint density at radius 1 is 0.952 bits per heavy atom. The molecule has 122 valence electrons. The number of rotatable bonds is 9. The predicted molar refractivity (Wildman–Crippen MR) is 97.1 cm³/mol. The van der Waals surface area contributed by atoms with Gasteiger partial charge in [-0.3, -0.25) is 0 Å². The number of aldehydes is 1. The predicted octanol–water partition coefficient (Wildman–Crippen LogP) is 5.99. The van der Waals surface area contributed by atoms with Crippen molar-refractivity contribution in [2.45, 2.75) is 97.2 Å². The molecule has 0 aromatic rings. The summed E-state index contributed by atoms with van der Waals surface area (Å²) in [6.07, 6.45) is 6.41. The van der Waals surface area contributed by atoms with Gasteiger partial charge in [-0.2, -0.15) is 0 Å². The van der Waals surface area contributed by atoms with E-state index in [-0.39, 0.29) is 5.92 Å². The van der Waals surface area contributed by atoms with E-state index in [0.717, 1.165) is 12.7 Å². The average Bonchev–Trinajstić information content (AvgIpc) is 2.38. The minimum atomic E-state index is -1.64. The number of carbonyl (C=O) groups is 1. The highest BCUT2D eigenvalue weighted by Gasteiger charge is 2.41. The van der Waals surface area contributed by atoms with E-state index in [1.165, 1.54) is 19.3 Å². The molecular formula is C19H36OSi. The van der Waals surface area contributed by atoms with Crippen molar-refractivity contribution in [1.29, 1.82) is 0 Å². The molecule has 1 nitrogen and oxygen atoms in total. The first-order valence-electron chi connectivity index (χ1n) is 8.79. The van der Waals surface area contributed by atoms with Crippen molar-refractivity contribution in [3.63, 3.8) is 0 Å². The zero-order valence-electron chi connectivity index (χ0n) is 15.3. The lowest BCUT2D eigenvalue weighted by Crippen LogP contribution is -2.43. The maximum atomic E-state index is 10.9. The van der Waals surface area contributed by atoms with Gasteiger partial charge in [0, 0.05) is 12.3 Å². The minimum absolute atomic E-state index is 0.275. The summed E-state index contributed by atoms with van der Waals surface area (Å²) in [6, 6.07) is 0. The molecule has 0 radical (unpaired) electrons. The molecule has 0 fully saturated rings. The van der Waals surface area contributed by atoms with Crippen LogP contribution >= 0.6 is 0 Å². The SMILES string of the molecule is CCCCC[C@H](C#C[Si](C(C)C)(C(C)C)C(C)C)CC=O. The van der Waals surface area contributed by atoms with Crippen LogP contribution in [0.25, 0.3) is 0 Å². The molecule has 0 aliphatic carbocycles. The van der Waals surface area contributed by atoms with Gasteiger partial charge >= 0.3 is 0 Å². The number of unbranched alkanes of at least 4 members (excludes halogenated alkanes) is 2. The Balaban J connectivity index is 5.23. The average molecular weight is 309 g/mol. The molecule has 21 heavy (non-hydrogen) atoms. The fraction of sp³-hybridized carbons (Fsp3) is 0.842. The maximum absolute atomic E-state index is 10.9. The third-order valence-corrected chi connectivity index (χ3v) is 11.2. The highest BCUT2D eigenvalue weighted by molar-refractivity contribution is 6.90. The Morgan fingerprint density at radius 3 is 1.86 bits per heavy atom. The minimum Gasteiger partial charge on any atom is -0.303 e. The molecule has 2 heteroatoms. The largest absolute Gasteiger partial charge is 0.303 e. The number of hydrogen-bond donors (Lipinski definition) is 0. The van der Waals surface area contributed by atoms with Crippen LogP contribution in [0.1, 0.15) is 80.6 Å². The molecule has 0 amide bonds. The van der Waals surface area contributed by atoms with E-state index in [1.807, 2.05) is 0 Å². The molecule has 0 N–H and O–H groups in total. The summed E-state index contributed by atoms with van der Waals surface area (Å²) in [5.74, 6) is 3.82.